The van der Waals surface area contributed by atoms with E-state index in [2.05, 4.69) is 57.3 Å². The van der Waals surface area contributed by atoms with Crippen molar-refractivity contribution in [2.24, 2.45) is 5.92 Å². The lowest BCUT2D eigenvalue weighted by molar-refractivity contribution is -0.136. The van der Waals surface area contributed by atoms with Gasteiger partial charge in [-0.1, -0.05) is 30.3 Å². The third-order valence-electron chi connectivity index (χ3n) is 7.25. The van der Waals surface area contributed by atoms with Crippen LogP contribution in [0.4, 0.5) is 11.5 Å². The molecule has 3 aromatic rings. The molecule has 7 nitrogen and oxygen atoms in total. The van der Waals surface area contributed by atoms with Gasteiger partial charge in [-0.15, -0.1) is 10.2 Å². The van der Waals surface area contributed by atoms with Crippen molar-refractivity contribution >= 4 is 17.4 Å². The molecule has 0 saturated carbocycles. The third kappa shape index (κ3) is 5.09. The Labute approximate surface area is 207 Å². The fourth-order valence-electron chi connectivity index (χ4n) is 5.10. The highest BCUT2D eigenvalue weighted by Crippen LogP contribution is 2.27. The molecule has 0 spiro atoms. The second-order valence-electron chi connectivity index (χ2n) is 9.37. The Hall–Kier alpha value is -3.61. The highest BCUT2D eigenvalue weighted by atomic mass is 16.5. The lowest BCUT2D eigenvalue weighted by Crippen LogP contribution is -2.51. The van der Waals surface area contributed by atoms with Gasteiger partial charge in [0, 0.05) is 62.5 Å². The number of amides is 1. The first-order valence-electron chi connectivity index (χ1n) is 12.4. The molecule has 5 rings (SSSR count). The van der Waals surface area contributed by atoms with Crippen LogP contribution in [0.25, 0.3) is 11.3 Å². The predicted octanol–water partition coefficient (Wildman–Crippen LogP) is 4.03. The number of methoxy groups -OCH3 is 1. The summed E-state index contributed by atoms with van der Waals surface area (Å²) in [6, 6.07) is 20.5. The summed E-state index contributed by atoms with van der Waals surface area (Å²) in [6.07, 6.45) is 1.71. The zero-order valence-electron chi connectivity index (χ0n) is 20.6. The molecule has 182 valence electrons. The van der Waals surface area contributed by atoms with Crippen LogP contribution in [0.1, 0.15) is 18.4 Å². The van der Waals surface area contributed by atoms with Gasteiger partial charge in [-0.3, -0.25) is 4.79 Å². The molecule has 0 N–H and O–H groups in total. The minimum atomic E-state index is 0.0915. The fraction of sp³-hybridized carbons (Fsp3) is 0.393. The Bertz CT molecular complexity index is 1150. The van der Waals surface area contributed by atoms with Crippen molar-refractivity contribution in [3.05, 3.63) is 66.2 Å². The van der Waals surface area contributed by atoms with Gasteiger partial charge in [-0.05, 0) is 49.6 Å². The van der Waals surface area contributed by atoms with Crippen molar-refractivity contribution < 1.29 is 9.53 Å². The van der Waals surface area contributed by atoms with Gasteiger partial charge in [-0.2, -0.15) is 0 Å². The van der Waals surface area contributed by atoms with Crippen molar-refractivity contribution in [3.63, 3.8) is 0 Å². The minimum Gasteiger partial charge on any atom is -0.497 e. The highest BCUT2D eigenvalue weighted by molar-refractivity contribution is 5.79. The zero-order chi connectivity index (χ0) is 24.2. The SMILES string of the molecule is COc1cccc(N2CCN(C(=O)C3CCN(c4ccc(-c5ccccc5C)nn4)CC3)CC2)c1. The molecular formula is C28H33N5O2. The average molecular weight is 472 g/mol. The second-order valence-corrected chi connectivity index (χ2v) is 9.37. The molecule has 0 atom stereocenters. The summed E-state index contributed by atoms with van der Waals surface area (Å²) in [7, 11) is 1.69. The van der Waals surface area contributed by atoms with E-state index >= 15 is 0 Å². The van der Waals surface area contributed by atoms with E-state index in [4.69, 9.17) is 4.74 Å². The molecule has 3 heterocycles. The molecule has 0 radical (unpaired) electrons. The van der Waals surface area contributed by atoms with Crippen molar-refractivity contribution in [3.8, 4) is 17.0 Å². The first-order chi connectivity index (χ1) is 17.1. The summed E-state index contributed by atoms with van der Waals surface area (Å²) in [4.78, 5) is 19.8. The Balaban J connectivity index is 1.13. The third-order valence-corrected chi connectivity index (χ3v) is 7.25. The van der Waals surface area contributed by atoms with E-state index in [1.165, 1.54) is 5.56 Å². The van der Waals surface area contributed by atoms with E-state index in [1.807, 2.05) is 35.2 Å². The number of hydrogen-bond donors (Lipinski definition) is 0. The maximum atomic E-state index is 13.2. The Morgan fingerprint density at radius 3 is 2.31 bits per heavy atom. The molecule has 2 saturated heterocycles. The monoisotopic (exact) mass is 471 g/mol. The van der Waals surface area contributed by atoms with Gasteiger partial charge in [-0.25, -0.2) is 0 Å². The predicted molar refractivity (Wildman–Crippen MR) is 139 cm³/mol. The smallest absolute Gasteiger partial charge is 0.225 e. The van der Waals surface area contributed by atoms with Gasteiger partial charge in [0.05, 0.1) is 12.8 Å². The van der Waals surface area contributed by atoms with Crippen LogP contribution in [0.5, 0.6) is 5.75 Å². The largest absolute Gasteiger partial charge is 0.497 e. The molecule has 2 fully saturated rings. The molecule has 2 aliphatic rings. The molecule has 7 heteroatoms. The van der Waals surface area contributed by atoms with Crippen LogP contribution in [-0.2, 0) is 4.79 Å². The number of piperazine rings is 1. The molecule has 0 unspecified atom stereocenters. The summed E-state index contributed by atoms with van der Waals surface area (Å²) < 4.78 is 5.35. The van der Waals surface area contributed by atoms with Crippen molar-refractivity contribution in [2.45, 2.75) is 19.8 Å². The normalized spacial score (nSPS) is 16.9. The summed E-state index contributed by atoms with van der Waals surface area (Å²) in [5.41, 5.74) is 4.35. The zero-order valence-corrected chi connectivity index (χ0v) is 20.6. The first kappa shape index (κ1) is 23.1. The lowest BCUT2D eigenvalue weighted by atomic mass is 9.95. The Morgan fingerprint density at radius 1 is 0.857 bits per heavy atom. The van der Waals surface area contributed by atoms with Crippen LogP contribution in [0.15, 0.2) is 60.7 Å². The molecule has 1 amide bonds. The number of benzene rings is 2. The quantitative estimate of drug-likeness (QED) is 0.560. The Kier molecular flexibility index (Phi) is 6.84. The fourth-order valence-corrected chi connectivity index (χ4v) is 5.10. The number of anilines is 2. The number of hydrogen-bond acceptors (Lipinski definition) is 6. The van der Waals surface area contributed by atoms with E-state index in [0.717, 1.165) is 80.6 Å². The van der Waals surface area contributed by atoms with Crippen molar-refractivity contribution in [1.82, 2.24) is 15.1 Å². The molecule has 1 aromatic heterocycles. The van der Waals surface area contributed by atoms with Crippen LogP contribution >= 0.6 is 0 Å². The average Bonchev–Trinajstić information content (AvgIpc) is 2.93. The number of aromatic nitrogens is 2. The molecule has 0 aliphatic carbocycles. The molecule has 2 aliphatic heterocycles. The van der Waals surface area contributed by atoms with Crippen LogP contribution in [-0.4, -0.2) is 67.4 Å². The molecule has 0 bridgehead atoms. The molecule has 2 aromatic carbocycles. The summed E-state index contributed by atoms with van der Waals surface area (Å²) in [5, 5.41) is 8.97. The van der Waals surface area contributed by atoms with E-state index in [1.54, 1.807) is 7.11 Å². The van der Waals surface area contributed by atoms with Gasteiger partial charge < -0.3 is 19.4 Å². The van der Waals surface area contributed by atoms with Crippen molar-refractivity contribution in [2.75, 3.05) is 56.2 Å². The van der Waals surface area contributed by atoms with E-state index < -0.39 is 0 Å². The Morgan fingerprint density at radius 2 is 1.63 bits per heavy atom. The van der Waals surface area contributed by atoms with Crippen LogP contribution < -0.4 is 14.5 Å². The number of aryl methyl sites for hydroxylation is 1. The molecular weight excluding hydrogens is 438 g/mol. The summed E-state index contributed by atoms with van der Waals surface area (Å²) in [5.74, 6) is 2.15. The van der Waals surface area contributed by atoms with E-state index in [0.29, 0.717) is 5.91 Å². The summed E-state index contributed by atoms with van der Waals surface area (Å²) >= 11 is 0. The van der Waals surface area contributed by atoms with Gasteiger partial charge in [0.25, 0.3) is 0 Å². The highest BCUT2D eigenvalue weighted by Gasteiger charge is 2.31. The standard InChI is InChI=1S/C28H33N5O2/c1-21-6-3-4-9-25(21)26-10-11-27(30-29-26)32-14-12-22(13-15-32)28(34)33-18-16-31(17-19-33)23-7-5-8-24(20-23)35-2/h3-11,20,22H,12-19H2,1-2H3. The molecule has 35 heavy (non-hydrogen) atoms. The number of carbonyl (C=O) groups is 1. The maximum absolute atomic E-state index is 13.2. The van der Waals surface area contributed by atoms with Crippen LogP contribution in [0, 0.1) is 12.8 Å². The number of ether oxygens (including phenoxy) is 1. The van der Waals surface area contributed by atoms with Gasteiger partial charge >= 0.3 is 0 Å². The number of piperidine rings is 1. The number of carbonyl (C=O) groups excluding carboxylic acids is 1. The van der Waals surface area contributed by atoms with Crippen LogP contribution in [0.3, 0.4) is 0 Å². The van der Waals surface area contributed by atoms with E-state index in [9.17, 15) is 4.79 Å². The number of nitrogens with zero attached hydrogens (tertiary/aromatic N) is 5. The topological polar surface area (TPSA) is 61.8 Å². The second kappa shape index (κ2) is 10.3. The minimum absolute atomic E-state index is 0.0915. The van der Waals surface area contributed by atoms with Crippen LogP contribution in [0.2, 0.25) is 0 Å². The van der Waals surface area contributed by atoms with Gasteiger partial charge in [0.1, 0.15) is 5.75 Å². The van der Waals surface area contributed by atoms with Gasteiger partial charge in [0.15, 0.2) is 5.82 Å². The maximum Gasteiger partial charge on any atom is 0.225 e. The first-order valence-corrected chi connectivity index (χ1v) is 12.4. The van der Waals surface area contributed by atoms with Crippen molar-refractivity contribution in [1.29, 1.82) is 0 Å². The summed E-state index contributed by atoms with van der Waals surface area (Å²) in [6.45, 7) is 6.98. The lowest BCUT2D eigenvalue weighted by Gasteiger charge is -2.39. The van der Waals surface area contributed by atoms with Gasteiger partial charge in [0.2, 0.25) is 5.91 Å². The number of rotatable bonds is 5. The van der Waals surface area contributed by atoms with E-state index in [-0.39, 0.29) is 5.92 Å².